The minimum Gasteiger partial charge on any atom is -0.313 e. The Hall–Kier alpha value is -1.63. The lowest BCUT2D eigenvalue weighted by atomic mass is 10.1. The first-order valence-corrected chi connectivity index (χ1v) is 6.53. The number of H-pyrrole nitrogens is 1. The zero-order valence-electron chi connectivity index (χ0n) is 9.88. The summed E-state index contributed by atoms with van der Waals surface area (Å²) >= 11 is 1.22. The maximum Gasteiger partial charge on any atom is 0.252 e. The number of aromatic amines is 1. The van der Waals surface area contributed by atoms with E-state index in [2.05, 4.69) is 9.97 Å². The van der Waals surface area contributed by atoms with Crippen LogP contribution in [0.1, 0.15) is 13.3 Å². The Balaban J connectivity index is 2.05. The molecule has 6 nitrogen and oxygen atoms in total. The normalized spacial score (nSPS) is 19.3. The minimum absolute atomic E-state index is 0.0511. The summed E-state index contributed by atoms with van der Waals surface area (Å²) in [6.45, 7) is 2.02. The van der Waals surface area contributed by atoms with Crippen molar-refractivity contribution >= 4 is 28.6 Å². The van der Waals surface area contributed by atoms with Crippen molar-refractivity contribution < 1.29 is 9.59 Å². The summed E-state index contributed by atoms with van der Waals surface area (Å²) in [4.78, 5) is 41.8. The molecule has 96 valence electrons. The molecule has 1 aliphatic heterocycles. The van der Waals surface area contributed by atoms with E-state index >= 15 is 0 Å². The molecule has 1 N–H and O–H groups in total. The van der Waals surface area contributed by atoms with E-state index in [1.54, 1.807) is 0 Å². The van der Waals surface area contributed by atoms with Gasteiger partial charge < -0.3 is 4.98 Å². The van der Waals surface area contributed by atoms with Gasteiger partial charge in [-0.3, -0.25) is 19.3 Å². The van der Waals surface area contributed by atoms with Gasteiger partial charge in [-0.25, -0.2) is 4.98 Å². The molecule has 7 heteroatoms. The van der Waals surface area contributed by atoms with Gasteiger partial charge in [0, 0.05) is 31.7 Å². The number of hydrogen-bond acceptors (Lipinski definition) is 5. The molecule has 0 aliphatic carbocycles. The number of thioether (sulfide) groups is 1. The lowest BCUT2D eigenvalue weighted by molar-refractivity contribution is -0.117. The van der Waals surface area contributed by atoms with Crippen LogP contribution in [0.15, 0.2) is 17.2 Å². The number of carbonyl (C=O) groups is 2. The van der Waals surface area contributed by atoms with Gasteiger partial charge in [0.15, 0.2) is 5.12 Å². The Morgan fingerprint density at radius 1 is 1.61 bits per heavy atom. The summed E-state index contributed by atoms with van der Waals surface area (Å²) in [5.41, 5.74) is -0.283. The van der Waals surface area contributed by atoms with Gasteiger partial charge in [0.05, 0.1) is 6.33 Å². The first-order valence-electron chi connectivity index (χ1n) is 5.54. The van der Waals surface area contributed by atoms with Gasteiger partial charge in [-0.1, -0.05) is 11.8 Å². The van der Waals surface area contributed by atoms with Crippen LogP contribution in [0.4, 0.5) is 5.82 Å². The highest BCUT2D eigenvalue weighted by molar-refractivity contribution is 8.13. The second kappa shape index (κ2) is 5.34. The van der Waals surface area contributed by atoms with Crippen LogP contribution in [0.25, 0.3) is 0 Å². The number of nitrogens with zero attached hydrogens (tertiary/aromatic N) is 2. The molecule has 1 aliphatic rings. The molecule has 1 amide bonds. The van der Waals surface area contributed by atoms with E-state index in [1.807, 2.05) is 0 Å². The number of amides is 1. The molecule has 2 rings (SSSR count). The largest absolute Gasteiger partial charge is 0.313 e. The van der Waals surface area contributed by atoms with Gasteiger partial charge in [-0.2, -0.15) is 0 Å². The average molecular weight is 267 g/mol. The predicted octanol–water partition coefficient (Wildman–Crippen LogP) is 0.402. The Labute approximate surface area is 108 Å². The van der Waals surface area contributed by atoms with Crippen LogP contribution >= 0.6 is 11.8 Å². The molecule has 0 bridgehead atoms. The fraction of sp³-hybridized carbons (Fsp3) is 0.455. The minimum atomic E-state index is -0.283. The van der Waals surface area contributed by atoms with Crippen molar-refractivity contribution in [2.75, 3.05) is 17.2 Å². The number of carbonyl (C=O) groups excluding carboxylic acids is 2. The third-order valence-electron chi connectivity index (χ3n) is 2.67. The smallest absolute Gasteiger partial charge is 0.252 e. The summed E-state index contributed by atoms with van der Waals surface area (Å²) < 4.78 is 0. The molecular weight excluding hydrogens is 254 g/mol. The molecule has 2 heterocycles. The molecule has 1 fully saturated rings. The lowest BCUT2D eigenvalue weighted by Crippen LogP contribution is -2.27. The standard InChI is InChI=1S/C11H13N3O3S/c1-7(15)18-5-8-2-11(17)14(4-8)9-3-10(16)13-6-12-9/h3,6,8H,2,4-5H2,1H3,(H,12,13,16). The maximum absolute atomic E-state index is 11.8. The second-order valence-corrected chi connectivity index (χ2v) is 5.34. The molecule has 18 heavy (non-hydrogen) atoms. The fourth-order valence-corrected chi connectivity index (χ4v) is 2.55. The van der Waals surface area contributed by atoms with Crippen molar-refractivity contribution in [3.63, 3.8) is 0 Å². The molecule has 1 aromatic rings. The number of hydrogen-bond donors (Lipinski definition) is 1. The van der Waals surface area contributed by atoms with Gasteiger partial charge in [0.25, 0.3) is 5.56 Å². The van der Waals surface area contributed by atoms with Crippen LogP contribution in [0, 0.1) is 5.92 Å². The Morgan fingerprint density at radius 3 is 3.06 bits per heavy atom. The number of nitrogens with one attached hydrogen (secondary N) is 1. The SMILES string of the molecule is CC(=O)SCC1CC(=O)N(c2cc(=O)[nH]cn2)C1. The monoisotopic (exact) mass is 267 g/mol. The number of aromatic nitrogens is 2. The van der Waals surface area contributed by atoms with Gasteiger partial charge >= 0.3 is 0 Å². The molecule has 1 aromatic heterocycles. The summed E-state index contributed by atoms with van der Waals surface area (Å²) in [6, 6.07) is 1.30. The molecule has 0 spiro atoms. The summed E-state index contributed by atoms with van der Waals surface area (Å²) in [7, 11) is 0. The van der Waals surface area contributed by atoms with Crippen LogP contribution in [0.5, 0.6) is 0 Å². The second-order valence-electron chi connectivity index (χ2n) is 4.15. The highest BCUT2D eigenvalue weighted by Crippen LogP contribution is 2.25. The predicted molar refractivity (Wildman–Crippen MR) is 68.5 cm³/mol. The third-order valence-corrected chi connectivity index (χ3v) is 3.71. The highest BCUT2D eigenvalue weighted by atomic mass is 32.2. The van der Waals surface area contributed by atoms with E-state index in [4.69, 9.17) is 0 Å². The average Bonchev–Trinajstić information content (AvgIpc) is 2.68. The topological polar surface area (TPSA) is 83.1 Å². The molecule has 1 atom stereocenters. The first-order chi connectivity index (χ1) is 8.56. The van der Waals surface area contributed by atoms with Crippen LogP contribution in [-0.4, -0.2) is 33.3 Å². The molecule has 0 radical (unpaired) electrons. The van der Waals surface area contributed by atoms with Gasteiger partial charge in [-0.15, -0.1) is 0 Å². The molecule has 1 saturated heterocycles. The van der Waals surface area contributed by atoms with E-state index in [0.29, 0.717) is 24.5 Å². The van der Waals surface area contributed by atoms with E-state index in [-0.39, 0.29) is 22.5 Å². The van der Waals surface area contributed by atoms with E-state index in [1.165, 1.54) is 36.0 Å². The van der Waals surface area contributed by atoms with Crippen molar-refractivity contribution in [1.29, 1.82) is 0 Å². The third kappa shape index (κ3) is 2.98. The Bertz CT molecular complexity index is 528. The van der Waals surface area contributed by atoms with Crippen molar-refractivity contribution in [3.05, 3.63) is 22.7 Å². The lowest BCUT2D eigenvalue weighted by Gasteiger charge is -2.14. The van der Waals surface area contributed by atoms with E-state index in [9.17, 15) is 14.4 Å². The number of rotatable bonds is 3. The van der Waals surface area contributed by atoms with E-state index in [0.717, 1.165) is 0 Å². The molecule has 0 aromatic carbocycles. The van der Waals surface area contributed by atoms with Gasteiger partial charge in [-0.05, 0) is 5.92 Å². The van der Waals surface area contributed by atoms with Crippen LogP contribution < -0.4 is 10.5 Å². The van der Waals surface area contributed by atoms with E-state index < -0.39 is 0 Å². The van der Waals surface area contributed by atoms with Crippen LogP contribution in [0.3, 0.4) is 0 Å². The molecular formula is C11H13N3O3S. The Kier molecular flexibility index (Phi) is 3.81. The zero-order chi connectivity index (χ0) is 13.1. The fourth-order valence-electron chi connectivity index (χ4n) is 1.86. The first kappa shape index (κ1) is 12.8. The summed E-state index contributed by atoms with van der Waals surface area (Å²) in [5.74, 6) is 1.08. The summed E-state index contributed by atoms with van der Waals surface area (Å²) in [5, 5.41) is 0.0511. The van der Waals surface area contributed by atoms with Crippen molar-refractivity contribution in [2.24, 2.45) is 5.92 Å². The molecule has 0 saturated carbocycles. The molecule has 1 unspecified atom stereocenters. The van der Waals surface area contributed by atoms with Gasteiger partial charge in [0.1, 0.15) is 5.82 Å². The number of anilines is 1. The quantitative estimate of drug-likeness (QED) is 0.857. The maximum atomic E-state index is 11.8. The van der Waals surface area contributed by atoms with Gasteiger partial charge in [0.2, 0.25) is 5.91 Å². The summed E-state index contributed by atoms with van der Waals surface area (Å²) in [6.07, 6.45) is 1.68. The highest BCUT2D eigenvalue weighted by Gasteiger charge is 2.31. The van der Waals surface area contributed by atoms with Crippen molar-refractivity contribution in [2.45, 2.75) is 13.3 Å². The van der Waals surface area contributed by atoms with Crippen LogP contribution in [-0.2, 0) is 9.59 Å². The van der Waals surface area contributed by atoms with Crippen molar-refractivity contribution in [3.8, 4) is 0 Å². The Morgan fingerprint density at radius 2 is 2.39 bits per heavy atom. The zero-order valence-corrected chi connectivity index (χ0v) is 10.7. The van der Waals surface area contributed by atoms with Crippen LogP contribution in [0.2, 0.25) is 0 Å². The van der Waals surface area contributed by atoms with Crippen molar-refractivity contribution in [1.82, 2.24) is 9.97 Å².